The predicted octanol–water partition coefficient (Wildman–Crippen LogP) is -0.396. The second-order valence-corrected chi connectivity index (χ2v) is 3.97. The fourth-order valence-corrected chi connectivity index (χ4v) is 1.75. The number of aliphatic hydroxyl groups is 1. The van der Waals surface area contributed by atoms with Gasteiger partial charge in [0, 0.05) is 12.2 Å². The molecular formula is C12H11N3O3. The Kier molecular flexibility index (Phi) is 3.26. The summed E-state index contributed by atoms with van der Waals surface area (Å²) >= 11 is 0. The van der Waals surface area contributed by atoms with Gasteiger partial charge in [0.1, 0.15) is 5.92 Å². The van der Waals surface area contributed by atoms with Gasteiger partial charge in [0.05, 0.1) is 17.7 Å². The molecular weight excluding hydrogens is 234 g/mol. The molecule has 0 aromatic heterocycles. The molecule has 1 saturated heterocycles. The molecule has 0 radical (unpaired) electrons. The summed E-state index contributed by atoms with van der Waals surface area (Å²) in [6.07, 6.45) is -1.00. The fourth-order valence-electron chi connectivity index (χ4n) is 1.75. The van der Waals surface area contributed by atoms with E-state index in [1.165, 1.54) is 0 Å². The summed E-state index contributed by atoms with van der Waals surface area (Å²) in [5, 5.41) is 23.1. The average Bonchev–Trinajstić information content (AvgIpc) is 2.70. The van der Waals surface area contributed by atoms with Crippen molar-refractivity contribution in [3.63, 3.8) is 0 Å². The zero-order chi connectivity index (χ0) is 13.1. The van der Waals surface area contributed by atoms with Crippen LogP contribution in [0.15, 0.2) is 24.3 Å². The number of carbonyl (C=O) groups is 2. The van der Waals surface area contributed by atoms with E-state index < -0.39 is 23.8 Å². The third-order valence-electron chi connectivity index (χ3n) is 2.72. The van der Waals surface area contributed by atoms with Gasteiger partial charge in [0.25, 0.3) is 0 Å². The number of anilines is 1. The van der Waals surface area contributed by atoms with E-state index in [1.807, 2.05) is 6.07 Å². The van der Waals surface area contributed by atoms with Crippen molar-refractivity contribution in [2.24, 2.45) is 5.92 Å². The van der Waals surface area contributed by atoms with E-state index in [-0.39, 0.29) is 6.54 Å². The van der Waals surface area contributed by atoms with Crippen molar-refractivity contribution in [3.8, 4) is 6.07 Å². The molecule has 2 amide bonds. The van der Waals surface area contributed by atoms with E-state index in [9.17, 15) is 14.7 Å². The van der Waals surface area contributed by atoms with Crippen LogP contribution in [0.5, 0.6) is 0 Å². The summed E-state index contributed by atoms with van der Waals surface area (Å²) in [4.78, 5) is 23.1. The lowest BCUT2D eigenvalue weighted by atomic mass is 10.0. The lowest BCUT2D eigenvalue weighted by molar-refractivity contribution is -0.132. The molecule has 2 rings (SSSR count). The van der Waals surface area contributed by atoms with Gasteiger partial charge in [0.15, 0.2) is 0 Å². The second-order valence-electron chi connectivity index (χ2n) is 3.97. The molecule has 2 unspecified atom stereocenters. The lowest BCUT2D eigenvalue weighted by Gasteiger charge is -2.11. The highest BCUT2D eigenvalue weighted by Crippen LogP contribution is 2.15. The highest BCUT2D eigenvalue weighted by Gasteiger charge is 2.39. The molecule has 6 heteroatoms. The minimum atomic E-state index is -1.08. The van der Waals surface area contributed by atoms with Crippen LogP contribution in [0, 0.1) is 17.2 Å². The molecule has 1 aromatic carbocycles. The van der Waals surface area contributed by atoms with Crippen molar-refractivity contribution in [2.45, 2.75) is 6.10 Å². The van der Waals surface area contributed by atoms with Gasteiger partial charge in [-0.2, -0.15) is 5.26 Å². The lowest BCUT2D eigenvalue weighted by Crippen LogP contribution is -2.34. The molecule has 0 aliphatic carbocycles. The maximum absolute atomic E-state index is 11.8. The molecule has 6 nitrogen and oxygen atoms in total. The van der Waals surface area contributed by atoms with E-state index in [2.05, 4.69) is 10.6 Å². The summed E-state index contributed by atoms with van der Waals surface area (Å²) in [5.74, 6) is -2.11. The van der Waals surface area contributed by atoms with Gasteiger partial charge in [0.2, 0.25) is 11.8 Å². The number of β-amino-alcohol motifs (C(OH)–C–C–N with tert-alkyl or cyclic N) is 1. The first-order valence-electron chi connectivity index (χ1n) is 5.38. The molecule has 18 heavy (non-hydrogen) atoms. The van der Waals surface area contributed by atoms with Crippen molar-refractivity contribution in [1.29, 1.82) is 5.26 Å². The van der Waals surface area contributed by atoms with E-state index in [1.54, 1.807) is 24.3 Å². The summed E-state index contributed by atoms with van der Waals surface area (Å²) < 4.78 is 0. The van der Waals surface area contributed by atoms with Crippen molar-refractivity contribution in [1.82, 2.24) is 5.32 Å². The first-order valence-corrected chi connectivity index (χ1v) is 5.38. The van der Waals surface area contributed by atoms with E-state index in [4.69, 9.17) is 5.26 Å². The van der Waals surface area contributed by atoms with Gasteiger partial charge in [-0.15, -0.1) is 0 Å². The summed E-state index contributed by atoms with van der Waals surface area (Å²) in [7, 11) is 0. The zero-order valence-electron chi connectivity index (χ0n) is 9.38. The second kappa shape index (κ2) is 4.85. The SMILES string of the molecule is N#Cc1ccc(NC(=O)C2C(=O)NCC2O)cc1. The number of carbonyl (C=O) groups excluding carboxylic acids is 2. The van der Waals surface area contributed by atoms with Gasteiger partial charge in [-0.05, 0) is 24.3 Å². The number of amides is 2. The minimum absolute atomic E-state index is 0.0876. The van der Waals surface area contributed by atoms with Crippen LogP contribution in [0.1, 0.15) is 5.56 Å². The van der Waals surface area contributed by atoms with Crippen LogP contribution in [0.4, 0.5) is 5.69 Å². The Bertz CT molecular complexity index is 518. The Balaban J connectivity index is 2.07. The number of nitrogens with one attached hydrogen (secondary N) is 2. The maximum Gasteiger partial charge on any atom is 0.239 e. The van der Waals surface area contributed by atoms with Crippen LogP contribution in [0.2, 0.25) is 0 Å². The number of hydrogen-bond donors (Lipinski definition) is 3. The Morgan fingerprint density at radius 2 is 2.11 bits per heavy atom. The fraction of sp³-hybridized carbons (Fsp3) is 0.250. The molecule has 1 heterocycles. The quantitative estimate of drug-likeness (QED) is 0.617. The Morgan fingerprint density at radius 3 is 2.61 bits per heavy atom. The van der Waals surface area contributed by atoms with E-state index >= 15 is 0 Å². The van der Waals surface area contributed by atoms with Crippen molar-refractivity contribution >= 4 is 17.5 Å². The highest BCUT2D eigenvalue weighted by molar-refractivity contribution is 6.08. The van der Waals surface area contributed by atoms with Gasteiger partial charge in [-0.25, -0.2) is 0 Å². The minimum Gasteiger partial charge on any atom is -0.390 e. The number of benzene rings is 1. The van der Waals surface area contributed by atoms with Crippen molar-refractivity contribution in [2.75, 3.05) is 11.9 Å². The van der Waals surface area contributed by atoms with Crippen LogP contribution in [-0.2, 0) is 9.59 Å². The monoisotopic (exact) mass is 245 g/mol. The van der Waals surface area contributed by atoms with E-state index in [0.717, 1.165) is 0 Å². The van der Waals surface area contributed by atoms with Crippen LogP contribution >= 0.6 is 0 Å². The van der Waals surface area contributed by atoms with E-state index in [0.29, 0.717) is 11.3 Å². The van der Waals surface area contributed by atoms with Crippen LogP contribution < -0.4 is 10.6 Å². The Labute approximate surface area is 103 Å². The number of hydrogen-bond acceptors (Lipinski definition) is 4. The molecule has 0 bridgehead atoms. The smallest absolute Gasteiger partial charge is 0.239 e. The van der Waals surface area contributed by atoms with Crippen molar-refractivity contribution < 1.29 is 14.7 Å². The van der Waals surface area contributed by atoms with Gasteiger partial charge < -0.3 is 15.7 Å². The third kappa shape index (κ3) is 2.31. The first-order chi connectivity index (χ1) is 8.61. The molecule has 1 aliphatic rings. The number of aliphatic hydroxyl groups excluding tert-OH is 1. The molecule has 0 spiro atoms. The third-order valence-corrected chi connectivity index (χ3v) is 2.72. The maximum atomic E-state index is 11.8. The first kappa shape index (κ1) is 12.1. The molecule has 2 atom stereocenters. The van der Waals surface area contributed by atoms with Crippen LogP contribution in [0.3, 0.4) is 0 Å². The summed E-state index contributed by atoms with van der Waals surface area (Å²) in [5.41, 5.74) is 0.956. The number of nitriles is 1. The van der Waals surface area contributed by atoms with Gasteiger partial charge in [-0.3, -0.25) is 9.59 Å². The Hall–Kier alpha value is -2.39. The molecule has 92 valence electrons. The normalized spacial score (nSPS) is 22.1. The summed E-state index contributed by atoms with van der Waals surface area (Å²) in [6.45, 7) is 0.0876. The Morgan fingerprint density at radius 1 is 1.44 bits per heavy atom. The topological polar surface area (TPSA) is 102 Å². The zero-order valence-corrected chi connectivity index (χ0v) is 9.38. The molecule has 1 aromatic rings. The largest absolute Gasteiger partial charge is 0.390 e. The van der Waals surface area contributed by atoms with Crippen LogP contribution in [0.25, 0.3) is 0 Å². The average molecular weight is 245 g/mol. The molecule has 1 aliphatic heterocycles. The predicted molar refractivity (Wildman–Crippen MR) is 62.3 cm³/mol. The molecule has 3 N–H and O–H groups in total. The molecule has 0 saturated carbocycles. The highest BCUT2D eigenvalue weighted by atomic mass is 16.3. The van der Waals surface area contributed by atoms with Crippen molar-refractivity contribution in [3.05, 3.63) is 29.8 Å². The summed E-state index contributed by atoms with van der Waals surface area (Å²) in [6, 6.07) is 8.20. The standard InChI is InChI=1S/C12H11N3O3/c13-5-7-1-3-8(4-2-7)15-12(18)10-9(16)6-14-11(10)17/h1-4,9-10,16H,6H2,(H,14,17)(H,15,18). The number of nitrogens with zero attached hydrogens (tertiary/aromatic N) is 1. The van der Waals surface area contributed by atoms with Gasteiger partial charge >= 0.3 is 0 Å². The van der Waals surface area contributed by atoms with Crippen LogP contribution in [-0.4, -0.2) is 29.6 Å². The molecule has 1 fully saturated rings. The number of rotatable bonds is 2. The van der Waals surface area contributed by atoms with Gasteiger partial charge in [-0.1, -0.05) is 0 Å².